The summed E-state index contributed by atoms with van der Waals surface area (Å²) in [5.41, 5.74) is 2.26. The van der Waals surface area contributed by atoms with E-state index in [1.165, 1.54) is 0 Å². The van der Waals surface area contributed by atoms with Crippen molar-refractivity contribution in [2.75, 3.05) is 5.32 Å². The van der Waals surface area contributed by atoms with Gasteiger partial charge in [-0.25, -0.2) is 0 Å². The van der Waals surface area contributed by atoms with E-state index in [1.54, 1.807) is 30.3 Å². The summed E-state index contributed by atoms with van der Waals surface area (Å²) < 4.78 is 0. The standard InChI is InChI=1S/C17H15N3O/c1-2-16(15-5-3-4-6-17(15)21)20-14-8-7-12(10-18)13(9-14)11-19/h3-9,16,20-21H,2H2,1H3. The zero-order valence-corrected chi connectivity index (χ0v) is 11.7. The van der Waals surface area contributed by atoms with Crippen LogP contribution in [0, 0.1) is 22.7 Å². The SMILES string of the molecule is CCC(Nc1ccc(C#N)c(C#N)c1)c1ccccc1O. The van der Waals surface area contributed by atoms with Gasteiger partial charge in [0.25, 0.3) is 0 Å². The number of phenols is 1. The van der Waals surface area contributed by atoms with Crippen molar-refractivity contribution in [1.29, 1.82) is 10.5 Å². The minimum atomic E-state index is -0.0642. The molecule has 0 aliphatic heterocycles. The molecule has 2 N–H and O–H groups in total. The molecule has 0 aliphatic rings. The molecule has 4 heteroatoms. The molecule has 2 aromatic carbocycles. The van der Waals surface area contributed by atoms with E-state index in [1.807, 2.05) is 31.2 Å². The number of phenolic OH excluding ortho intramolecular Hbond substituents is 1. The molecule has 0 saturated heterocycles. The number of hydrogen-bond donors (Lipinski definition) is 2. The third-order valence-electron chi connectivity index (χ3n) is 3.32. The van der Waals surface area contributed by atoms with Crippen molar-refractivity contribution in [1.82, 2.24) is 0 Å². The number of hydrogen-bond acceptors (Lipinski definition) is 4. The van der Waals surface area contributed by atoms with E-state index in [-0.39, 0.29) is 11.8 Å². The number of anilines is 1. The van der Waals surface area contributed by atoms with E-state index in [4.69, 9.17) is 10.5 Å². The third kappa shape index (κ3) is 3.13. The van der Waals surface area contributed by atoms with Crippen molar-refractivity contribution >= 4 is 5.69 Å². The molecule has 0 aromatic heterocycles. The molecule has 1 atom stereocenters. The van der Waals surface area contributed by atoms with Crippen LogP contribution in [0.2, 0.25) is 0 Å². The van der Waals surface area contributed by atoms with Gasteiger partial charge in [-0.3, -0.25) is 0 Å². The topological polar surface area (TPSA) is 79.8 Å². The second-order valence-electron chi connectivity index (χ2n) is 4.65. The van der Waals surface area contributed by atoms with Gasteiger partial charge < -0.3 is 10.4 Å². The van der Waals surface area contributed by atoms with E-state index in [0.29, 0.717) is 11.1 Å². The van der Waals surface area contributed by atoms with Gasteiger partial charge in [0.05, 0.1) is 17.2 Å². The van der Waals surface area contributed by atoms with E-state index < -0.39 is 0 Å². The monoisotopic (exact) mass is 277 g/mol. The van der Waals surface area contributed by atoms with Crippen molar-refractivity contribution in [3.8, 4) is 17.9 Å². The quantitative estimate of drug-likeness (QED) is 0.893. The second kappa shape index (κ2) is 6.45. The third-order valence-corrected chi connectivity index (χ3v) is 3.32. The molecule has 0 heterocycles. The van der Waals surface area contributed by atoms with Crippen LogP contribution in [0.25, 0.3) is 0 Å². The van der Waals surface area contributed by atoms with Crippen molar-refractivity contribution in [2.45, 2.75) is 19.4 Å². The van der Waals surface area contributed by atoms with Crippen LogP contribution in [0.5, 0.6) is 5.75 Å². The number of para-hydroxylation sites is 1. The molecule has 0 aliphatic carbocycles. The Bertz CT molecular complexity index is 726. The summed E-state index contributed by atoms with van der Waals surface area (Å²) in [4.78, 5) is 0. The van der Waals surface area contributed by atoms with Crippen LogP contribution in [0.1, 0.15) is 36.1 Å². The fraction of sp³-hybridized carbons (Fsp3) is 0.176. The van der Waals surface area contributed by atoms with Crippen LogP contribution in [0.15, 0.2) is 42.5 Å². The van der Waals surface area contributed by atoms with Gasteiger partial charge in [0.1, 0.15) is 17.9 Å². The molecule has 0 radical (unpaired) electrons. The molecule has 0 spiro atoms. The summed E-state index contributed by atoms with van der Waals surface area (Å²) >= 11 is 0. The largest absolute Gasteiger partial charge is 0.508 e. The number of aromatic hydroxyl groups is 1. The Labute approximate surface area is 123 Å². The second-order valence-corrected chi connectivity index (χ2v) is 4.65. The highest BCUT2D eigenvalue weighted by molar-refractivity contribution is 5.57. The molecule has 2 aromatic rings. The number of nitrogens with one attached hydrogen (secondary N) is 1. The lowest BCUT2D eigenvalue weighted by atomic mass is 10.0. The van der Waals surface area contributed by atoms with Crippen LogP contribution in [-0.4, -0.2) is 5.11 Å². The molecule has 0 amide bonds. The molecule has 0 bridgehead atoms. The van der Waals surface area contributed by atoms with Crippen molar-refractivity contribution in [3.63, 3.8) is 0 Å². The number of rotatable bonds is 4. The summed E-state index contributed by atoms with van der Waals surface area (Å²) in [6, 6.07) is 16.2. The van der Waals surface area contributed by atoms with Gasteiger partial charge in [0, 0.05) is 11.3 Å². The first kappa shape index (κ1) is 14.4. The Morgan fingerprint density at radius 1 is 1.10 bits per heavy atom. The van der Waals surface area contributed by atoms with Gasteiger partial charge in [-0.15, -0.1) is 0 Å². The molecule has 21 heavy (non-hydrogen) atoms. The van der Waals surface area contributed by atoms with E-state index >= 15 is 0 Å². The van der Waals surface area contributed by atoms with Gasteiger partial charge in [0.2, 0.25) is 0 Å². The maximum absolute atomic E-state index is 9.94. The zero-order valence-electron chi connectivity index (χ0n) is 11.7. The van der Waals surface area contributed by atoms with Crippen molar-refractivity contribution in [2.24, 2.45) is 0 Å². The lowest BCUT2D eigenvalue weighted by Crippen LogP contribution is -2.10. The molecule has 0 fully saturated rings. The Hall–Kier alpha value is -2.98. The summed E-state index contributed by atoms with van der Waals surface area (Å²) in [5, 5.41) is 31.2. The van der Waals surface area contributed by atoms with Crippen LogP contribution >= 0.6 is 0 Å². The minimum absolute atomic E-state index is 0.0642. The van der Waals surface area contributed by atoms with Crippen LogP contribution in [-0.2, 0) is 0 Å². The number of nitrogens with zero attached hydrogens (tertiary/aromatic N) is 2. The first-order valence-electron chi connectivity index (χ1n) is 6.68. The average molecular weight is 277 g/mol. The van der Waals surface area contributed by atoms with Gasteiger partial charge in [-0.05, 0) is 30.7 Å². The highest BCUT2D eigenvalue weighted by Gasteiger charge is 2.13. The van der Waals surface area contributed by atoms with Crippen LogP contribution < -0.4 is 5.32 Å². The van der Waals surface area contributed by atoms with Crippen molar-refractivity contribution < 1.29 is 5.11 Å². The van der Waals surface area contributed by atoms with Crippen LogP contribution in [0.4, 0.5) is 5.69 Å². The fourth-order valence-corrected chi connectivity index (χ4v) is 2.21. The Morgan fingerprint density at radius 2 is 1.81 bits per heavy atom. The molecule has 1 unspecified atom stereocenters. The highest BCUT2D eigenvalue weighted by Crippen LogP contribution is 2.29. The lowest BCUT2D eigenvalue weighted by Gasteiger charge is -2.20. The highest BCUT2D eigenvalue weighted by atomic mass is 16.3. The average Bonchev–Trinajstić information content (AvgIpc) is 2.53. The maximum atomic E-state index is 9.94. The normalized spacial score (nSPS) is 11.2. The molecule has 2 rings (SSSR count). The van der Waals surface area contributed by atoms with Gasteiger partial charge >= 0.3 is 0 Å². The summed E-state index contributed by atoms with van der Waals surface area (Å²) in [7, 11) is 0. The predicted octanol–water partition coefficient (Wildman–Crippen LogP) is 3.70. The van der Waals surface area contributed by atoms with Gasteiger partial charge in [-0.2, -0.15) is 10.5 Å². The smallest absolute Gasteiger partial charge is 0.120 e. The Balaban J connectivity index is 2.30. The van der Waals surface area contributed by atoms with Crippen molar-refractivity contribution in [3.05, 3.63) is 59.2 Å². The number of benzene rings is 2. The van der Waals surface area contributed by atoms with Crippen LogP contribution in [0.3, 0.4) is 0 Å². The first-order chi connectivity index (χ1) is 10.2. The maximum Gasteiger partial charge on any atom is 0.120 e. The fourth-order valence-electron chi connectivity index (χ4n) is 2.21. The summed E-state index contributed by atoms with van der Waals surface area (Å²) in [6.07, 6.45) is 0.777. The van der Waals surface area contributed by atoms with Gasteiger partial charge in [0.15, 0.2) is 0 Å². The summed E-state index contributed by atoms with van der Waals surface area (Å²) in [5.74, 6) is 0.242. The molecular formula is C17H15N3O. The molecule has 104 valence electrons. The number of nitriles is 2. The zero-order chi connectivity index (χ0) is 15.2. The van der Waals surface area contributed by atoms with E-state index in [2.05, 4.69) is 5.32 Å². The first-order valence-corrected chi connectivity index (χ1v) is 6.68. The molecule has 4 nitrogen and oxygen atoms in total. The Kier molecular flexibility index (Phi) is 4.43. The predicted molar refractivity (Wildman–Crippen MR) is 80.6 cm³/mol. The van der Waals surface area contributed by atoms with E-state index in [9.17, 15) is 5.11 Å². The summed E-state index contributed by atoms with van der Waals surface area (Å²) in [6.45, 7) is 2.01. The minimum Gasteiger partial charge on any atom is -0.508 e. The van der Waals surface area contributed by atoms with Gasteiger partial charge in [-0.1, -0.05) is 25.1 Å². The molecule has 0 saturated carbocycles. The lowest BCUT2D eigenvalue weighted by molar-refractivity contribution is 0.463. The van der Waals surface area contributed by atoms with E-state index in [0.717, 1.165) is 17.7 Å². The Morgan fingerprint density at radius 3 is 2.43 bits per heavy atom. The molecular weight excluding hydrogens is 262 g/mol.